The molecule has 0 aliphatic heterocycles. The van der Waals surface area contributed by atoms with Crippen LogP contribution in [-0.2, 0) is 21.4 Å². The highest BCUT2D eigenvalue weighted by molar-refractivity contribution is 7.92. The standard InChI is InChI=1S/C25H25N3O4S/c1-4-27-23-11-6-5-10-21(23)22-15-19(12-13-24(22)27)26-25(30)16-28(33(3,31)32)20-9-7-8-18(14-20)17(2)29/h5-15H,4,16H2,1-3H3,(H,26,30). The van der Waals surface area contributed by atoms with E-state index < -0.39 is 22.5 Å². The van der Waals surface area contributed by atoms with Gasteiger partial charge in [0.2, 0.25) is 15.9 Å². The lowest BCUT2D eigenvalue weighted by Crippen LogP contribution is -2.37. The zero-order valence-electron chi connectivity index (χ0n) is 18.7. The number of fused-ring (bicyclic) bond motifs is 3. The van der Waals surface area contributed by atoms with E-state index in [1.807, 2.05) is 36.4 Å². The van der Waals surface area contributed by atoms with E-state index in [1.165, 1.54) is 13.0 Å². The van der Waals surface area contributed by atoms with Gasteiger partial charge >= 0.3 is 0 Å². The number of amides is 1. The third kappa shape index (κ3) is 4.47. The highest BCUT2D eigenvalue weighted by atomic mass is 32.2. The van der Waals surface area contributed by atoms with Crippen LogP contribution in [0.4, 0.5) is 11.4 Å². The normalized spacial score (nSPS) is 11.6. The van der Waals surface area contributed by atoms with Crippen LogP contribution in [-0.4, -0.2) is 37.5 Å². The van der Waals surface area contributed by atoms with Crippen molar-refractivity contribution in [3.63, 3.8) is 0 Å². The second-order valence-electron chi connectivity index (χ2n) is 7.92. The second-order valence-corrected chi connectivity index (χ2v) is 9.82. The minimum Gasteiger partial charge on any atom is -0.341 e. The molecule has 8 heteroatoms. The highest BCUT2D eigenvalue weighted by Gasteiger charge is 2.22. The van der Waals surface area contributed by atoms with Crippen LogP contribution in [0, 0.1) is 0 Å². The number of Topliss-reactive ketones (excluding diaryl/α,β-unsaturated/α-hetero) is 1. The van der Waals surface area contributed by atoms with Gasteiger partial charge in [0.25, 0.3) is 0 Å². The lowest BCUT2D eigenvalue weighted by molar-refractivity contribution is -0.114. The van der Waals surface area contributed by atoms with Crippen LogP contribution in [0.25, 0.3) is 21.8 Å². The summed E-state index contributed by atoms with van der Waals surface area (Å²) in [5.74, 6) is -0.665. The molecule has 4 rings (SSSR count). The molecule has 4 aromatic rings. The van der Waals surface area contributed by atoms with E-state index in [2.05, 4.69) is 22.9 Å². The number of hydrogen-bond donors (Lipinski definition) is 1. The fraction of sp³-hybridized carbons (Fsp3) is 0.200. The largest absolute Gasteiger partial charge is 0.341 e. The van der Waals surface area contributed by atoms with Crippen molar-refractivity contribution in [2.45, 2.75) is 20.4 Å². The zero-order valence-corrected chi connectivity index (χ0v) is 19.5. The quantitative estimate of drug-likeness (QED) is 0.411. The van der Waals surface area contributed by atoms with Gasteiger partial charge < -0.3 is 9.88 Å². The number of hydrogen-bond acceptors (Lipinski definition) is 4. The molecule has 7 nitrogen and oxygen atoms in total. The fourth-order valence-electron chi connectivity index (χ4n) is 4.08. The molecule has 0 fully saturated rings. The Morgan fingerprint density at radius 2 is 1.67 bits per heavy atom. The molecular formula is C25H25N3O4S. The summed E-state index contributed by atoms with van der Waals surface area (Å²) in [6, 6.07) is 20.0. The molecule has 1 amide bonds. The molecule has 0 saturated heterocycles. The molecule has 0 unspecified atom stereocenters. The summed E-state index contributed by atoms with van der Waals surface area (Å²) in [6.07, 6.45) is 1.03. The topological polar surface area (TPSA) is 88.5 Å². The van der Waals surface area contributed by atoms with Crippen molar-refractivity contribution in [2.24, 2.45) is 0 Å². The van der Waals surface area contributed by atoms with E-state index in [4.69, 9.17) is 0 Å². The number of anilines is 2. The van der Waals surface area contributed by atoms with E-state index >= 15 is 0 Å². The number of benzene rings is 3. The highest BCUT2D eigenvalue weighted by Crippen LogP contribution is 2.31. The molecule has 0 aliphatic rings. The number of rotatable bonds is 7. The number of nitrogens with one attached hydrogen (secondary N) is 1. The zero-order chi connectivity index (χ0) is 23.8. The Morgan fingerprint density at radius 1 is 0.939 bits per heavy atom. The molecule has 170 valence electrons. The lowest BCUT2D eigenvalue weighted by Gasteiger charge is -2.22. The SMILES string of the molecule is CCn1c2ccccc2c2cc(NC(=O)CN(c3cccc(C(C)=O)c3)S(C)(=O)=O)ccc21. The average Bonchev–Trinajstić information content (AvgIpc) is 3.10. The maximum atomic E-state index is 12.8. The van der Waals surface area contributed by atoms with Crippen LogP contribution in [0.2, 0.25) is 0 Å². The molecule has 1 heterocycles. The molecule has 33 heavy (non-hydrogen) atoms. The summed E-state index contributed by atoms with van der Waals surface area (Å²) in [5, 5.41) is 4.92. The number of aryl methyl sites for hydroxylation is 1. The predicted octanol–water partition coefficient (Wildman–Crippen LogP) is 4.42. The summed E-state index contributed by atoms with van der Waals surface area (Å²) in [7, 11) is -3.75. The maximum absolute atomic E-state index is 12.8. The minimum atomic E-state index is -3.75. The Balaban J connectivity index is 1.64. The molecule has 0 radical (unpaired) electrons. The van der Waals surface area contributed by atoms with Gasteiger partial charge in [0, 0.05) is 39.6 Å². The van der Waals surface area contributed by atoms with Crippen LogP contribution in [0.5, 0.6) is 0 Å². The fourth-order valence-corrected chi connectivity index (χ4v) is 4.93. The molecule has 3 aromatic carbocycles. The first kappa shape index (κ1) is 22.5. The average molecular weight is 464 g/mol. The van der Waals surface area contributed by atoms with Crippen LogP contribution in [0.3, 0.4) is 0 Å². The Labute approximate surface area is 192 Å². The maximum Gasteiger partial charge on any atom is 0.245 e. The predicted molar refractivity (Wildman–Crippen MR) is 132 cm³/mol. The monoisotopic (exact) mass is 463 g/mol. The van der Waals surface area contributed by atoms with E-state index in [9.17, 15) is 18.0 Å². The Hall–Kier alpha value is -3.65. The molecule has 1 aromatic heterocycles. The van der Waals surface area contributed by atoms with Gasteiger partial charge in [-0.3, -0.25) is 13.9 Å². The smallest absolute Gasteiger partial charge is 0.245 e. The first-order valence-corrected chi connectivity index (χ1v) is 12.4. The van der Waals surface area contributed by atoms with Crippen LogP contribution < -0.4 is 9.62 Å². The third-order valence-corrected chi connectivity index (χ3v) is 6.74. The van der Waals surface area contributed by atoms with Crippen molar-refractivity contribution < 1.29 is 18.0 Å². The number of nitrogens with zero attached hydrogens (tertiary/aromatic N) is 2. The third-order valence-electron chi connectivity index (χ3n) is 5.60. The second kappa shape index (κ2) is 8.71. The molecule has 0 atom stereocenters. The molecule has 1 N–H and O–H groups in total. The molecule has 0 aliphatic carbocycles. The van der Waals surface area contributed by atoms with Crippen molar-refractivity contribution in [2.75, 3.05) is 22.4 Å². The van der Waals surface area contributed by atoms with Gasteiger partial charge in [-0.05, 0) is 50.2 Å². The van der Waals surface area contributed by atoms with Crippen molar-refractivity contribution in [1.29, 1.82) is 0 Å². The van der Waals surface area contributed by atoms with Gasteiger partial charge in [-0.1, -0.05) is 30.3 Å². The van der Waals surface area contributed by atoms with Gasteiger partial charge in [-0.2, -0.15) is 0 Å². The number of ketones is 1. The Morgan fingerprint density at radius 3 is 2.36 bits per heavy atom. The van der Waals surface area contributed by atoms with E-state index in [0.29, 0.717) is 11.3 Å². The minimum absolute atomic E-state index is 0.186. The van der Waals surface area contributed by atoms with Crippen LogP contribution >= 0.6 is 0 Å². The first-order chi connectivity index (χ1) is 15.7. The van der Waals surface area contributed by atoms with Gasteiger partial charge in [0.15, 0.2) is 5.78 Å². The first-order valence-electron chi connectivity index (χ1n) is 10.6. The Bertz CT molecular complexity index is 1490. The van der Waals surface area contributed by atoms with E-state index in [1.54, 1.807) is 18.2 Å². The summed E-state index contributed by atoms with van der Waals surface area (Å²) in [4.78, 5) is 24.5. The number of sulfonamides is 1. The summed E-state index contributed by atoms with van der Waals surface area (Å²) >= 11 is 0. The van der Waals surface area contributed by atoms with Crippen LogP contribution in [0.1, 0.15) is 24.2 Å². The number of para-hydroxylation sites is 1. The van der Waals surface area contributed by atoms with Gasteiger partial charge in [0.1, 0.15) is 6.54 Å². The van der Waals surface area contributed by atoms with Crippen molar-refractivity contribution >= 4 is 54.9 Å². The molecule has 0 spiro atoms. The summed E-state index contributed by atoms with van der Waals surface area (Å²) in [6.45, 7) is 3.90. The number of carbonyl (C=O) groups is 2. The molecule has 0 saturated carbocycles. The van der Waals surface area contributed by atoms with Gasteiger partial charge in [-0.15, -0.1) is 0 Å². The van der Waals surface area contributed by atoms with Crippen molar-refractivity contribution in [3.05, 3.63) is 72.3 Å². The summed E-state index contributed by atoms with van der Waals surface area (Å²) < 4.78 is 28.0. The molecule has 0 bridgehead atoms. The van der Waals surface area contributed by atoms with E-state index in [0.717, 1.165) is 38.9 Å². The number of aromatic nitrogens is 1. The van der Waals surface area contributed by atoms with Gasteiger partial charge in [-0.25, -0.2) is 8.42 Å². The van der Waals surface area contributed by atoms with Crippen molar-refractivity contribution in [1.82, 2.24) is 4.57 Å². The Kier molecular flexibility index (Phi) is 5.95. The number of carbonyl (C=O) groups excluding carboxylic acids is 2. The molecular weight excluding hydrogens is 438 g/mol. The van der Waals surface area contributed by atoms with Gasteiger partial charge in [0.05, 0.1) is 11.9 Å². The van der Waals surface area contributed by atoms with Crippen LogP contribution in [0.15, 0.2) is 66.7 Å². The van der Waals surface area contributed by atoms with E-state index in [-0.39, 0.29) is 11.5 Å². The lowest BCUT2D eigenvalue weighted by atomic mass is 10.1. The van der Waals surface area contributed by atoms with Crippen molar-refractivity contribution in [3.8, 4) is 0 Å². The summed E-state index contributed by atoms with van der Waals surface area (Å²) in [5.41, 5.74) is 3.40.